The van der Waals surface area contributed by atoms with Crippen molar-refractivity contribution in [1.82, 2.24) is 25.3 Å². The summed E-state index contributed by atoms with van der Waals surface area (Å²) >= 11 is 0. The van der Waals surface area contributed by atoms with Gasteiger partial charge < -0.3 is 24.2 Å². The molecule has 2 aromatic heterocycles. The van der Waals surface area contributed by atoms with Gasteiger partial charge in [-0.15, -0.1) is 0 Å². The number of anilines is 1. The number of likely N-dealkylation sites (tertiary alicyclic amines) is 1. The fourth-order valence-corrected chi connectivity index (χ4v) is 8.04. The number of aromatic nitrogens is 3. The van der Waals surface area contributed by atoms with Gasteiger partial charge in [0, 0.05) is 50.3 Å². The summed E-state index contributed by atoms with van der Waals surface area (Å²) in [5.41, 5.74) is 1.00. The van der Waals surface area contributed by atoms with Crippen molar-refractivity contribution in [3.8, 4) is 17.4 Å². The Morgan fingerprint density at radius 1 is 1.12 bits per heavy atom. The van der Waals surface area contributed by atoms with Crippen molar-refractivity contribution >= 4 is 11.6 Å². The first-order valence-electron chi connectivity index (χ1n) is 15.3. The molecule has 1 saturated carbocycles. The zero-order valence-corrected chi connectivity index (χ0v) is 23.9. The third kappa shape index (κ3) is 4.34. The number of fused-ring (bicyclic) bond motifs is 2. The summed E-state index contributed by atoms with van der Waals surface area (Å²) in [6, 6.07) is 2.35. The average molecular weight is 551 g/mol. The summed E-state index contributed by atoms with van der Waals surface area (Å²) in [4.78, 5) is 28.1. The van der Waals surface area contributed by atoms with Gasteiger partial charge in [0.2, 0.25) is 5.88 Å². The van der Waals surface area contributed by atoms with Gasteiger partial charge in [-0.1, -0.05) is 11.6 Å². The van der Waals surface area contributed by atoms with Crippen molar-refractivity contribution in [3.05, 3.63) is 17.4 Å². The molecular weight excluding hydrogens is 508 g/mol. The highest BCUT2D eigenvalue weighted by atomic mass is 16.5. The first-order chi connectivity index (χ1) is 19.5. The summed E-state index contributed by atoms with van der Waals surface area (Å²) in [7, 11) is 2.17. The van der Waals surface area contributed by atoms with Crippen LogP contribution in [0.15, 0.2) is 10.6 Å². The van der Waals surface area contributed by atoms with E-state index in [1.54, 1.807) is 0 Å². The first kappa shape index (κ1) is 26.3. The topological polar surface area (TPSA) is 106 Å². The third-order valence-electron chi connectivity index (χ3n) is 10.3. The molecule has 5 aliphatic rings. The Hall–Kier alpha value is -2.56. The molecular formula is C30H42N6O4. The number of rotatable bonds is 5. The number of carbonyl (C=O) groups is 1. The van der Waals surface area contributed by atoms with E-state index in [0.29, 0.717) is 42.3 Å². The second-order valence-corrected chi connectivity index (χ2v) is 12.7. The van der Waals surface area contributed by atoms with Crippen LogP contribution in [0, 0.1) is 0 Å². The van der Waals surface area contributed by atoms with Crippen molar-refractivity contribution < 1.29 is 18.8 Å². The van der Waals surface area contributed by atoms with E-state index in [1.807, 2.05) is 6.07 Å². The number of hydrogen-bond donors (Lipinski definition) is 1. The molecule has 1 unspecified atom stereocenters. The van der Waals surface area contributed by atoms with Crippen molar-refractivity contribution in [1.29, 1.82) is 0 Å². The number of Topliss-reactive ketones (excluding diaryl/α,β-unsaturated/α-hetero) is 1. The minimum atomic E-state index is -0.528. The molecule has 10 heteroatoms. The molecule has 3 saturated heterocycles. The van der Waals surface area contributed by atoms with Gasteiger partial charge in [0.25, 0.3) is 0 Å². The molecule has 3 aliphatic heterocycles. The van der Waals surface area contributed by atoms with E-state index in [-0.39, 0.29) is 11.6 Å². The van der Waals surface area contributed by atoms with E-state index in [4.69, 9.17) is 24.0 Å². The maximum Gasteiger partial charge on any atom is 0.219 e. The third-order valence-corrected chi connectivity index (χ3v) is 10.3. The zero-order chi connectivity index (χ0) is 27.3. The van der Waals surface area contributed by atoms with Gasteiger partial charge in [-0.2, -0.15) is 4.98 Å². The molecule has 2 aromatic rings. The summed E-state index contributed by atoms with van der Waals surface area (Å²) in [5, 5.41) is 8.13. The highest BCUT2D eigenvalue weighted by molar-refractivity contribution is 5.91. The van der Waals surface area contributed by atoms with Crippen molar-refractivity contribution in [2.75, 3.05) is 51.3 Å². The van der Waals surface area contributed by atoms with Gasteiger partial charge in [0.1, 0.15) is 17.7 Å². The molecule has 0 amide bonds. The largest absolute Gasteiger partial charge is 0.473 e. The van der Waals surface area contributed by atoms with Crippen molar-refractivity contribution in [2.45, 2.75) is 94.2 Å². The van der Waals surface area contributed by atoms with E-state index in [1.165, 1.54) is 6.42 Å². The maximum atomic E-state index is 13.2. The Bertz CT molecular complexity index is 1260. The van der Waals surface area contributed by atoms with Crippen LogP contribution in [0.3, 0.4) is 0 Å². The van der Waals surface area contributed by atoms with Crippen molar-refractivity contribution in [3.63, 3.8) is 0 Å². The summed E-state index contributed by atoms with van der Waals surface area (Å²) in [5.74, 6) is 3.00. The van der Waals surface area contributed by atoms with Crippen LogP contribution in [0.1, 0.15) is 76.0 Å². The lowest BCUT2D eigenvalue weighted by molar-refractivity contribution is -0.128. The molecule has 7 rings (SSSR count). The van der Waals surface area contributed by atoms with Gasteiger partial charge in [-0.05, 0) is 71.9 Å². The smallest absolute Gasteiger partial charge is 0.219 e. The lowest BCUT2D eigenvalue weighted by Crippen LogP contribution is -2.62. The van der Waals surface area contributed by atoms with Gasteiger partial charge in [0.15, 0.2) is 17.3 Å². The predicted octanol–water partition coefficient (Wildman–Crippen LogP) is 3.28. The van der Waals surface area contributed by atoms with Crippen LogP contribution in [0.2, 0.25) is 0 Å². The van der Waals surface area contributed by atoms with Crippen LogP contribution < -0.4 is 15.0 Å². The SMILES string of the molecule is C[C@H](Oc1cc(N2CCNCC23CCOC3)nc(-c2noc3c2CCC[C@@]32CCCCC2=O)n1)[C@@H]1CCCN1C. The number of hydrogen-bond acceptors (Lipinski definition) is 10. The molecule has 4 fully saturated rings. The van der Waals surface area contributed by atoms with Crippen LogP contribution in [-0.4, -0.2) is 89.9 Å². The van der Waals surface area contributed by atoms with E-state index in [2.05, 4.69) is 34.2 Å². The van der Waals surface area contributed by atoms with Crippen LogP contribution in [0.4, 0.5) is 5.82 Å². The van der Waals surface area contributed by atoms with Gasteiger partial charge >= 0.3 is 0 Å². The van der Waals surface area contributed by atoms with Crippen LogP contribution in [0.25, 0.3) is 11.5 Å². The monoisotopic (exact) mass is 550 g/mol. The number of nitrogens with zero attached hydrogens (tertiary/aromatic N) is 5. The molecule has 5 heterocycles. The second-order valence-electron chi connectivity index (χ2n) is 12.7. The maximum absolute atomic E-state index is 13.2. The van der Waals surface area contributed by atoms with E-state index in [0.717, 1.165) is 101 Å². The normalized spacial score (nSPS) is 31.7. The summed E-state index contributed by atoms with van der Waals surface area (Å²) in [6.07, 6.45) is 9.33. The molecule has 2 spiro atoms. The fourth-order valence-electron chi connectivity index (χ4n) is 8.04. The Balaban J connectivity index is 1.30. The van der Waals surface area contributed by atoms with Crippen LogP contribution >= 0.6 is 0 Å². The lowest BCUT2D eigenvalue weighted by atomic mass is 9.64. The molecule has 2 aliphatic carbocycles. The molecule has 10 nitrogen and oxygen atoms in total. The quantitative estimate of drug-likeness (QED) is 0.596. The van der Waals surface area contributed by atoms with E-state index >= 15 is 0 Å². The second kappa shape index (κ2) is 10.4. The average Bonchev–Trinajstić information content (AvgIpc) is 3.71. The highest BCUT2D eigenvalue weighted by Crippen LogP contribution is 2.48. The number of piperazine rings is 1. The molecule has 1 N–H and O–H groups in total. The molecule has 0 aromatic carbocycles. The van der Waals surface area contributed by atoms with Crippen molar-refractivity contribution in [2.24, 2.45) is 0 Å². The van der Waals surface area contributed by atoms with Gasteiger partial charge in [-0.25, -0.2) is 4.98 Å². The lowest BCUT2D eigenvalue weighted by Gasteiger charge is -2.45. The van der Waals surface area contributed by atoms with Gasteiger partial charge in [0.05, 0.1) is 17.6 Å². The summed E-state index contributed by atoms with van der Waals surface area (Å²) < 4.78 is 18.5. The fraction of sp³-hybridized carbons (Fsp3) is 0.733. The van der Waals surface area contributed by atoms with Crippen LogP contribution in [-0.2, 0) is 21.4 Å². The predicted molar refractivity (Wildman–Crippen MR) is 150 cm³/mol. The molecule has 0 radical (unpaired) electrons. The van der Waals surface area contributed by atoms with E-state index < -0.39 is 5.41 Å². The molecule has 216 valence electrons. The summed E-state index contributed by atoms with van der Waals surface area (Å²) in [6.45, 7) is 7.21. The zero-order valence-electron chi connectivity index (χ0n) is 23.9. The minimum Gasteiger partial charge on any atom is -0.473 e. The number of ether oxygens (including phenoxy) is 2. The molecule has 0 bridgehead atoms. The number of likely N-dealkylation sites (N-methyl/N-ethyl adjacent to an activating group) is 1. The van der Waals surface area contributed by atoms with Crippen LogP contribution in [0.5, 0.6) is 5.88 Å². The molecule has 4 atom stereocenters. The number of nitrogens with one attached hydrogen (secondary N) is 1. The Labute approximate surface area is 236 Å². The Kier molecular flexibility index (Phi) is 6.83. The number of ketones is 1. The van der Waals surface area contributed by atoms with E-state index in [9.17, 15) is 4.79 Å². The Morgan fingerprint density at radius 2 is 2.02 bits per heavy atom. The standard InChI is InChI=1S/C30H42N6O4/c1-20(22-8-6-14-35(22)2)39-25-17-24(36-15-13-31-18-29(36)12-16-38-19-29)32-28(33-25)26-21-7-5-11-30(27(21)40-34-26)10-4-3-9-23(30)37/h17,20,22,31H,3-16,18-19H2,1-2H3/t20-,22-,29?,30+/m0/s1. The Morgan fingerprint density at radius 3 is 2.83 bits per heavy atom. The molecule has 40 heavy (non-hydrogen) atoms. The highest BCUT2D eigenvalue weighted by Gasteiger charge is 2.49. The van der Waals surface area contributed by atoms with Gasteiger partial charge in [-0.3, -0.25) is 9.69 Å². The number of carbonyl (C=O) groups excluding carboxylic acids is 1. The first-order valence-corrected chi connectivity index (χ1v) is 15.3. The minimum absolute atomic E-state index is 0.00995.